The number of carboxylic acids is 1. The smallest absolute Gasteiger partial charge is 0.356 e. The van der Waals surface area contributed by atoms with Crippen LogP contribution in [0.3, 0.4) is 0 Å². The van der Waals surface area contributed by atoms with Crippen molar-refractivity contribution in [2.24, 2.45) is 7.05 Å². The lowest BCUT2D eigenvalue weighted by atomic mass is 9.93. The minimum atomic E-state index is -1.02. The SMILES string of the molecule is Cn1nc(C(=O)O)c2c1-c1nc(Nn3ccnc3)ncc1CC2. The van der Waals surface area contributed by atoms with E-state index in [4.69, 9.17) is 0 Å². The summed E-state index contributed by atoms with van der Waals surface area (Å²) < 4.78 is 3.21. The van der Waals surface area contributed by atoms with Crippen molar-refractivity contribution in [3.63, 3.8) is 0 Å². The summed E-state index contributed by atoms with van der Waals surface area (Å²) in [7, 11) is 1.73. The zero-order chi connectivity index (χ0) is 16.0. The van der Waals surface area contributed by atoms with Crippen molar-refractivity contribution in [3.05, 3.63) is 41.7 Å². The molecule has 116 valence electrons. The second-order valence-corrected chi connectivity index (χ2v) is 5.25. The Bertz CT molecular complexity index is 898. The molecule has 2 N–H and O–H groups in total. The first-order valence-electron chi connectivity index (χ1n) is 7.04. The molecule has 0 fully saturated rings. The van der Waals surface area contributed by atoms with Crippen molar-refractivity contribution in [2.45, 2.75) is 12.8 Å². The molecule has 0 aromatic carbocycles. The van der Waals surface area contributed by atoms with Crippen LogP contribution in [-0.2, 0) is 19.9 Å². The molecular formula is C14H13N7O2. The molecule has 1 aliphatic rings. The van der Waals surface area contributed by atoms with Gasteiger partial charge in [0.15, 0.2) is 5.69 Å². The molecule has 0 saturated carbocycles. The molecule has 0 unspecified atom stereocenters. The zero-order valence-corrected chi connectivity index (χ0v) is 12.3. The number of aromatic carboxylic acids is 1. The van der Waals surface area contributed by atoms with Crippen LogP contribution in [0.25, 0.3) is 11.4 Å². The van der Waals surface area contributed by atoms with E-state index in [9.17, 15) is 9.90 Å². The molecule has 0 aliphatic heterocycles. The number of carbonyl (C=O) groups is 1. The van der Waals surface area contributed by atoms with E-state index in [1.54, 1.807) is 41.3 Å². The van der Waals surface area contributed by atoms with E-state index < -0.39 is 5.97 Å². The van der Waals surface area contributed by atoms with Crippen LogP contribution in [0.4, 0.5) is 5.95 Å². The van der Waals surface area contributed by atoms with Crippen LogP contribution >= 0.6 is 0 Å². The van der Waals surface area contributed by atoms with Gasteiger partial charge in [0.25, 0.3) is 0 Å². The van der Waals surface area contributed by atoms with Gasteiger partial charge in [-0.1, -0.05) is 0 Å². The third kappa shape index (κ3) is 2.13. The molecule has 3 aromatic heterocycles. The third-order valence-corrected chi connectivity index (χ3v) is 3.81. The Kier molecular flexibility index (Phi) is 2.86. The predicted molar refractivity (Wildman–Crippen MR) is 79.8 cm³/mol. The second-order valence-electron chi connectivity index (χ2n) is 5.25. The van der Waals surface area contributed by atoms with Crippen LogP contribution in [0.2, 0.25) is 0 Å². The van der Waals surface area contributed by atoms with Crippen molar-refractivity contribution in [1.82, 2.24) is 29.4 Å². The van der Waals surface area contributed by atoms with Crippen molar-refractivity contribution >= 4 is 11.9 Å². The quantitative estimate of drug-likeness (QED) is 0.734. The molecule has 1 aliphatic carbocycles. The first kappa shape index (κ1) is 13.4. The monoisotopic (exact) mass is 311 g/mol. The molecule has 23 heavy (non-hydrogen) atoms. The van der Waals surface area contributed by atoms with Crippen LogP contribution < -0.4 is 5.43 Å². The van der Waals surface area contributed by atoms with Crippen molar-refractivity contribution in [2.75, 3.05) is 5.43 Å². The van der Waals surface area contributed by atoms with E-state index in [-0.39, 0.29) is 5.69 Å². The summed E-state index contributed by atoms with van der Waals surface area (Å²) in [6, 6.07) is 0. The number of fused-ring (bicyclic) bond motifs is 3. The Balaban J connectivity index is 1.81. The van der Waals surface area contributed by atoms with Crippen LogP contribution in [0.1, 0.15) is 21.6 Å². The lowest BCUT2D eigenvalue weighted by molar-refractivity contribution is 0.0688. The maximum absolute atomic E-state index is 11.3. The van der Waals surface area contributed by atoms with Gasteiger partial charge in [0.2, 0.25) is 5.95 Å². The van der Waals surface area contributed by atoms with E-state index in [1.807, 2.05) is 0 Å². The normalized spacial score (nSPS) is 12.6. The summed E-state index contributed by atoms with van der Waals surface area (Å²) in [6.45, 7) is 0. The molecule has 3 heterocycles. The number of carboxylic acid groups (broad SMARTS) is 1. The molecule has 0 radical (unpaired) electrons. The van der Waals surface area contributed by atoms with Gasteiger partial charge in [0.05, 0.1) is 11.4 Å². The second kappa shape index (κ2) is 4.90. The molecule has 9 heteroatoms. The molecular weight excluding hydrogens is 298 g/mol. The van der Waals surface area contributed by atoms with Gasteiger partial charge >= 0.3 is 5.97 Å². The number of nitrogens with one attached hydrogen (secondary N) is 1. The van der Waals surface area contributed by atoms with Gasteiger partial charge in [0, 0.05) is 31.2 Å². The van der Waals surface area contributed by atoms with Gasteiger partial charge in [-0.15, -0.1) is 0 Å². The Morgan fingerprint density at radius 3 is 3.00 bits per heavy atom. The number of anilines is 1. The van der Waals surface area contributed by atoms with Gasteiger partial charge in [0.1, 0.15) is 6.33 Å². The summed E-state index contributed by atoms with van der Waals surface area (Å²) >= 11 is 0. The molecule has 0 atom stereocenters. The minimum Gasteiger partial charge on any atom is -0.476 e. The minimum absolute atomic E-state index is 0.0934. The van der Waals surface area contributed by atoms with Crippen LogP contribution in [-0.4, -0.2) is 40.5 Å². The lowest BCUT2D eigenvalue weighted by Crippen LogP contribution is -2.14. The maximum atomic E-state index is 11.3. The number of aromatic nitrogens is 6. The van der Waals surface area contributed by atoms with E-state index in [0.717, 1.165) is 16.8 Å². The molecule has 0 saturated heterocycles. The fourth-order valence-corrected chi connectivity index (χ4v) is 2.82. The first-order chi connectivity index (χ1) is 11.1. The van der Waals surface area contributed by atoms with Gasteiger partial charge < -0.3 is 5.11 Å². The zero-order valence-electron chi connectivity index (χ0n) is 12.3. The Labute approximate surface area is 130 Å². The number of rotatable bonds is 3. The van der Waals surface area contributed by atoms with Gasteiger partial charge in [-0.2, -0.15) is 5.10 Å². The molecule has 0 spiro atoms. The highest BCUT2D eigenvalue weighted by Gasteiger charge is 2.28. The van der Waals surface area contributed by atoms with Gasteiger partial charge in [-0.05, 0) is 18.4 Å². The van der Waals surface area contributed by atoms with Crippen molar-refractivity contribution in [1.29, 1.82) is 0 Å². The van der Waals surface area contributed by atoms with E-state index >= 15 is 0 Å². The van der Waals surface area contributed by atoms with Gasteiger partial charge in [-0.25, -0.2) is 24.4 Å². The first-order valence-corrected chi connectivity index (χ1v) is 7.04. The summed E-state index contributed by atoms with van der Waals surface area (Å²) in [4.78, 5) is 24.1. The fourth-order valence-electron chi connectivity index (χ4n) is 2.82. The summed E-state index contributed by atoms with van der Waals surface area (Å²) in [6.07, 6.45) is 8.05. The van der Waals surface area contributed by atoms with Crippen LogP contribution in [0.5, 0.6) is 0 Å². The average molecular weight is 311 g/mol. The topological polar surface area (TPSA) is 111 Å². The highest BCUT2D eigenvalue weighted by Crippen LogP contribution is 2.33. The predicted octanol–water partition coefficient (Wildman–Crippen LogP) is 0.746. The fraction of sp³-hybridized carbons (Fsp3) is 0.214. The molecule has 3 aromatic rings. The molecule has 0 amide bonds. The standard InChI is InChI=1S/C14H13N7O2/c1-20-12-9(11(18-20)13(22)23)3-2-8-6-16-14(17-10(8)12)19-21-5-4-15-7-21/h4-7H,2-3H2,1H3,(H,22,23)(H,16,17,19). The third-order valence-electron chi connectivity index (χ3n) is 3.81. The highest BCUT2D eigenvalue weighted by molar-refractivity contribution is 5.90. The Morgan fingerprint density at radius 1 is 1.39 bits per heavy atom. The summed E-state index contributed by atoms with van der Waals surface area (Å²) in [5.74, 6) is -0.608. The molecule has 4 rings (SSSR count). The number of nitrogens with zero attached hydrogens (tertiary/aromatic N) is 6. The van der Waals surface area contributed by atoms with Crippen molar-refractivity contribution < 1.29 is 9.90 Å². The number of hydrogen-bond acceptors (Lipinski definition) is 6. The van der Waals surface area contributed by atoms with E-state index in [0.29, 0.717) is 24.5 Å². The maximum Gasteiger partial charge on any atom is 0.356 e. The van der Waals surface area contributed by atoms with Gasteiger partial charge in [-0.3, -0.25) is 10.1 Å². The summed E-state index contributed by atoms with van der Waals surface area (Å²) in [5.41, 5.74) is 6.25. The largest absolute Gasteiger partial charge is 0.476 e. The number of imidazole rings is 1. The summed E-state index contributed by atoms with van der Waals surface area (Å²) in [5, 5.41) is 13.4. The average Bonchev–Trinajstić information content (AvgIpc) is 3.15. The van der Waals surface area contributed by atoms with Crippen LogP contribution in [0, 0.1) is 0 Å². The highest BCUT2D eigenvalue weighted by atomic mass is 16.4. The molecule has 0 bridgehead atoms. The van der Waals surface area contributed by atoms with E-state index in [2.05, 4.69) is 25.5 Å². The number of hydrogen-bond donors (Lipinski definition) is 2. The Hall–Kier alpha value is -3.23. The molecule has 9 nitrogen and oxygen atoms in total. The number of aryl methyl sites for hydroxylation is 2. The van der Waals surface area contributed by atoms with Crippen LogP contribution in [0.15, 0.2) is 24.9 Å². The van der Waals surface area contributed by atoms with Crippen molar-refractivity contribution in [3.8, 4) is 11.4 Å². The van der Waals surface area contributed by atoms with E-state index in [1.165, 1.54) is 0 Å². The Morgan fingerprint density at radius 2 is 2.26 bits per heavy atom. The lowest BCUT2D eigenvalue weighted by Gasteiger charge is -2.17.